The minimum atomic E-state index is 0.319. The molecular formula is C7H11NO. The number of likely N-dealkylation sites (N-methyl/N-ethyl adjacent to an activating group) is 1. The van der Waals surface area contributed by atoms with Gasteiger partial charge in [-0.15, -0.1) is 0 Å². The Labute approximate surface area is 55.2 Å². The van der Waals surface area contributed by atoms with Gasteiger partial charge in [-0.3, -0.25) is 4.79 Å². The van der Waals surface area contributed by atoms with Crippen molar-refractivity contribution in [3.63, 3.8) is 0 Å². The van der Waals surface area contributed by atoms with Crippen molar-refractivity contribution in [3.8, 4) is 0 Å². The number of carbonyl (C=O) groups is 1. The van der Waals surface area contributed by atoms with Gasteiger partial charge >= 0.3 is 0 Å². The lowest BCUT2D eigenvalue weighted by Crippen LogP contribution is -2.27. The van der Waals surface area contributed by atoms with Gasteiger partial charge in [0, 0.05) is 13.0 Å². The van der Waals surface area contributed by atoms with Gasteiger partial charge in [-0.25, -0.2) is 0 Å². The molecule has 0 N–H and O–H groups in total. The molecule has 1 aliphatic rings. The standard InChI is InChI=1S/C7H11NO/c1-2-8-5-3-4-7(9)6-8/h3,5H,2,4,6H2,1H3. The van der Waals surface area contributed by atoms with Gasteiger partial charge in [0.1, 0.15) is 0 Å². The van der Waals surface area contributed by atoms with Gasteiger partial charge in [-0.1, -0.05) is 6.08 Å². The second kappa shape index (κ2) is 2.67. The van der Waals surface area contributed by atoms with E-state index in [-0.39, 0.29) is 0 Å². The fourth-order valence-corrected chi connectivity index (χ4v) is 0.894. The van der Waals surface area contributed by atoms with Crippen LogP contribution >= 0.6 is 0 Å². The predicted molar refractivity (Wildman–Crippen MR) is 36.0 cm³/mol. The molecule has 2 heteroatoms. The summed E-state index contributed by atoms with van der Waals surface area (Å²) >= 11 is 0. The Hall–Kier alpha value is -0.790. The topological polar surface area (TPSA) is 20.3 Å². The van der Waals surface area contributed by atoms with E-state index in [0.29, 0.717) is 18.7 Å². The summed E-state index contributed by atoms with van der Waals surface area (Å²) < 4.78 is 0. The average molecular weight is 125 g/mol. The van der Waals surface area contributed by atoms with Crippen LogP contribution in [0.3, 0.4) is 0 Å². The molecule has 0 aromatic rings. The summed E-state index contributed by atoms with van der Waals surface area (Å²) in [6.45, 7) is 3.58. The van der Waals surface area contributed by atoms with Crippen molar-refractivity contribution in [1.82, 2.24) is 4.90 Å². The van der Waals surface area contributed by atoms with Crippen molar-refractivity contribution in [2.45, 2.75) is 13.3 Å². The summed E-state index contributed by atoms with van der Waals surface area (Å²) in [5.41, 5.74) is 0. The number of hydrogen-bond donors (Lipinski definition) is 0. The van der Waals surface area contributed by atoms with Crippen molar-refractivity contribution in [1.29, 1.82) is 0 Å². The Morgan fingerprint density at radius 3 is 3.00 bits per heavy atom. The minimum Gasteiger partial charge on any atom is -0.371 e. The Morgan fingerprint density at radius 2 is 2.56 bits per heavy atom. The van der Waals surface area contributed by atoms with E-state index < -0.39 is 0 Å². The highest BCUT2D eigenvalue weighted by molar-refractivity contribution is 5.82. The molecule has 0 aliphatic carbocycles. The van der Waals surface area contributed by atoms with Crippen LogP contribution in [0.4, 0.5) is 0 Å². The van der Waals surface area contributed by atoms with E-state index in [4.69, 9.17) is 0 Å². The van der Waals surface area contributed by atoms with Crippen LogP contribution in [0.15, 0.2) is 12.3 Å². The third-order valence-corrected chi connectivity index (χ3v) is 1.45. The summed E-state index contributed by atoms with van der Waals surface area (Å²) in [5, 5.41) is 0. The van der Waals surface area contributed by atoms with Crippen LogP contribution in [-0.4, -0.2) is 23.8 Å². The Morgan fingerprint density at radius 1 is 1.78 bits per heavy atom. The molecule has 0 saturated heterocycles. The first-order valence-corrected chi connectivity index (χ1v) is 3.25. The van der Waals surface area contributed by atoms with Crippen LogP contribution in [0.25, 0.3) is 0 Å². The highest BCUT2D eigenvalue weighted by atomic mass is 16.1. The molecule has 2 nitrogen and oxygen atoms in total. The van der Waals surface area contributed by atoms with Gasteiger partial charge in [-0.2, -0.15) is 0 Å². The van der Waals surface area contributed by atoms with Crippen LogP contribution < -0.4 is 0 Å². The van der Waals surface area contributed by atoms with Gasteiger partial charge in [0.15, 0.2) is 5.78 Å². The molecule has 0 amide bonds. The Bertz CT molecular complexity index is 140. The number of allylic oxidation sites excluding steroid dienone is 1. The van der Waals surface area contributed by atoms with Crippen LogP contribution in [0.5, 0.6) is 0 Å². The summed E-state index contributed by atoms with van der Waals surface area (Å²) in [6.07, 6.45) is 4.52. The van der Waals surface area contributed by atoms with Gasteiger partial charge in [0.25, 0.3) is 0 Å². The van der Waals surface area contributed by atoms with E-state index in [1.165, 1.54) is 0 Å². The molecule has 50 valence electrons. The summed E-state index contributed by atoms with van der Waals surface area (Å²) in [6, 6.07) is 0. The fraction of sp³-hybridized carbons (Fsp3) is 0.571. The van der Waals surface area contributed by atoms with E-state index in [1.807, 2.05) is 24.1 Å². The zero-order valence-corrected chi connectivity index (χ0v) is 5.63. The lowest BCUT2D eigenvalue weighted by Gasteiger charge is -2.19. The monoisotopic (exact) mass is 125 g/mol. The molecule has 0 aromatic heterocycles. The number of Topliss-reactive ketones (excluding diaryl/α,β-unsaturated/α-hetero) is 1. The molecular weight excluding hydrogens is 114 g/mol. The molecule has 0 unspecified atom stereocenters. The van der Waals surface area contributed by atoms with E-state index in [9.17, 15) is 4.79 Å². The van der Waals surface area contributed by atoms with Gasteiger partial charge in [0.2, 0.25) is 0 Å². The first-order valence-electron chi connectivity index (χ1n) is 3.25. The van der Waals surface area contributed by atoms with Gasteiger partial charge in [0.05, 0.1) is 6.54 Å². The van der Waals surface area contributed by atoms with Crippen molar-refractivity contribution in [2.24, 2.45) is 0 Å². The highest BCUT2D eigenvalue weighted by Gasteiger charge is 2.07. The lowest BCUT2D eigenvalue weighted by atomic mass is 10.2. The first-order chi connectivity index (χ1) is 4.33. The maximum atomic E-state index is 10.7. The van der Waals surface area contributed by atoms with Crippen LogP contribution in [0, 0.1) is 0 Å². The molecule has 0 radical (unpaired) electrons. The number of carbonyl (C=O) groups excluding carboxylic acids is 1. The Kier molecular flexibility index (Phi) is 1.88. The number of hydrogen-bond acceptors (Lipinski definition) is 2. The quantitative estimate of drug-likeness (QED) is 0.516. The molecule has 0 aromatic carbocycles. The molecule has 0 bridgehead atoms. The third kappa shape index (κ3) is 1.56. The van der Waals surface area contributed by atoms with Crippen molar-refractivity contribution in [3.05, 3.63) is 12.3 Å². The number of nitrogens with zero attached hydrogens (tertiary/aromatic N) is 1. The van der Waals surface area contributed by atoms with Crippen molar-refractivity contribution < 1.29 is 4.79 Å². The maximum absolute atomic E-state index is 10.7. The van der Waals surface area contributed by atoms with Crippen molar-refractivity contribution >= 4 is 5.78 Å². The second-order valence-corrected chi connectivity index (χ2v) is 2.19. The SMILES string of the molecule is CCN1C=CCC(=O)C1. The molecule has 0 atom stereocenters. The maximum Gasteiger partial charge on any atom is 0.155 e. The van der Waals surface area contributed by atoms with E-state index in [1.54, 1.807) is 0 Å². The Balaban J connectivity index is 2.49. The number of rotatable bonds is 1. The van der Waals surface area contributed by atoms with Crippen LogP contribution in [-0.2, 0) is 4.79 Å². The van der Waals surface area contributed by atoms with Gasteiger partial charge < -0.3 is 4.90 Å². The van der Waals surface area contributed by atoms with Crippen molar-refractivity contribution in [2.75, 3.05) is 13.1 Å². The molecule has 0 spiro atoms. The van der Waals surface area contributed by atoms with Crippen LogP contribution in [0.1, 0.15) is 13.3 Å². The zero-order chi connectivity index (χ0) is 6.69. The fourth-order valence-electron chi connectivity index (χ4n) is 0.894. The predicted octanol–water partition coefficient (Wildman–Crippen LogP) is 0.795. The highest BCUT2D eigenvalue weighted by Crippen LogP contribution is 2.00. The van der Waals surface area contributed by atoms with Crippen LogP contribution in [0.2, 0.25) is 0 Å². The molecule has 1 rings (SSSR count). The van der Waals surface area contributed by atoms with E-state index in [0.717, 1.165) is 6.54 Å². The zero-order valence-electron chi connectivity index (χ0n) is 5.63. The third-order valence-electron chi connectivity index (χ3n) is 1.45. The molecule has 0 saturated carbocycles. The largest absolute Gasteiger partial charge is 0.371 e. The molecule has 1 heterocycles. The van der Waals surface area contributed by atoms with E-state index >= 15 is 0 Å². The van der Waals surface area contributed by atoms with E-state index in [2.05, 4.69) is 0 Å². The average Bonchev–Trinajstić information content (AvgIpc) is 1.88. The molecule has 9 heavy (non-hydrogen) atoms. The first kappa shape index (κ1) is 6.33. The lowest BCUT2D eigenvalue weighted by molar-refractivity contribution is -0.119. The summed E-state index contributed by atoms with van der Waals surface area (Å²) in [7, 11) is 0. The molecule has 1 aliphatic heterocycles. The normalized spacial score (nSPS) is 18.8. The molecule has 0 fully saturated rings. The second-order valence-electron chi connectivity index (χ2n) is 2.19. The number of ketones is 1. The smallest absolute Gasteiger partial charge is 0.155 e. The summed E-state index contributed by atoms with van der Waals surface area (Å²) in [5.74, 6) is 0.319. The van der Waals surface area contributed by atoms with Gasteiger partial charge in [-0.05, 0) is 13.1 Å². The summed E-state index contributed by atoms with van der Waals surface area (Å²) in [4.78, 5) is 12.7. The minimum absolute atomic E-state index is 0.319.